The minimum absolute atomic E-state index is 0.0848. The first kappa shape index (κ1) is 19.0. The summed E-state index contributed by atoms with van der Waals surface area (Å²) in [5.74, 6) is -6.96. The molecule has 0 radical (unpaired) electrons. The fourth-order valence-electron chi connectivity index (χ4n) is 3.03. The van der Waals surface area contributed by atoms with E-state index in [-0.39, 0.29) is 31.0 Å². The number of likely N-dealkylation sites (tertiary alicyclic amines) is 1. The normalized spacial score (nSPS) is 19.2. The highest BCUT2D eigenvalue weighted by Crippen LogP contribution is 2.33. The summed E-state index contributed by atoms with van der Waals surface area (Å²) in [5, 5.41) is 2.70. The lowest BCUT2D eigenvalue weighted by Crippen LogP contribution is -2.51. The van der Waals surface area contributed by atoms with E-state index in [2.05, 4.69) is 11.9 Å². The van der Waals surface area contributed by atoms with Crippen molar-refractivity contribution in [3.05, 3.63) is 48.3 Å². The second-order valence-electron chi connectivity index (χ2n) is 6.21. The van der Waals surface area contributed by atoms with Gasteiger partial charge in [-0.15, -0.1) is 0 Å². The molecule has 1 aromatic carbocycles. The largest absolute Gasteiger partial charge is 0.352 e. The monoisotopic (exact) mass is 354 g/mol. The molecule has 2 rings (SSSR count). The number of benzene rings is 1. The fraction of sp³-hybridized carbons (Fsp3) is 0.444. The number of alkyl halides is 2. The van der Waals surface area contributed by atoms with Crippen LogP contribution in [0, 0.1) is 11.7 Å². The molecule has 1 aliphatic heterocycles. The zero-order valence-electron chi connectivity index (χ0n) is 14.0. The molecule has 2 atom stereocenters. The van der Waals surface area contributed by atoms with E-state index < -0.39 is 23.2 Å². The first-order valence-corrected chi connectivity index (χ1v) is 8.12. The SMILES string of the molecule is C=CC(=O)NC(C)C1CCCN(C(=O)C(F)(F)c2ccccc2F)C1. The maximum Gasteiger partial charge on any atom is 0.352 e. The number of piperidine rings is 1. The fourth-order valence-corrected chi connectivity index (χ4v) is 3.03. The van der Waals surface area contributed by atoms with Gasteiger partial charge in [-0.3, -0.25) is 9.59 Å². The van der Waals surface area contributed by atoms with Crippen LogP contribution in [0.15, 0.2) is 36.9 Å². The third kappa shape index (κ3) is 4.21. The molecule has 136 valence electrons. The quantitative estimate of drug-likeness (QED) is 0.827. The minimum Gasteiger partial charge on any atom is -0.350 e. The molecule has 1 fully saturated rings. The van der Waals surface area contributed by atoms with Gasteiger partial charge >= 0.3 is 5.92 Å². The summed E-state index contributed by atoms with van der Waals surface area (Å²) in [6.07, 6.45) is 2.38. The lowest BCUT2D eigenvalue weighted by Gasteiger charge is -2.37. The molecular weight excluding hydrogens is 333 g/mol. The van der Waals surface area contributed by atoms with Gasteiger partial charge in [0, 0.05) is 19.1 Å². The van der Waals surface area contributed by atoms with Crippen molar-refractivity contribution in [2.75, 3.05) is 13.1 Å². The van der Waals surface area contributed by atoms with Gasteiger partial charge in [-0.05, 0) is 43.9 Å². The van der Waals surface area contributed by atoms with Gasteiger partial charge in [-0.25, -0.2) is 4.39 Å². The van der Waals surface area contributed by atoms with Gasteiger partial charge in [0.2, 0.25) is 5.91 Å². The van der Waals surface area contributed by atoms with E-state index in [9.17, 15) is 22.8 Å². The van der Waals surface area contributed by atoms with Gasteiger partial charge in [-0.2, -0.15) is 8.78 Å². The number of carbonyl (C=O) groups is 2. The molecule has 1 heterocycles. The lowest BCUT2D eigenvalue weighted by atomic mass is 9.91. The second-order valence-corrected chi connectivity index (χ2v) is 6.21. The molecule has 0 spiro atoms. The van der Waals surface area contributed by atoms with E-state index in [0.29, 0.717) is 12.8 Å². The predicted molar refractivity (Wildman–Crippen MR) is 87.4 cm³/mol. The summed E-state index contributed by atoms with van der Waals surface area (Å²) in [6.45, 7) is 5.39. The molecule has 25 heavy (non-hydrogen) atoms. The predicted octanol–water partition coefficient (Wildman–Crippen LogP) is 2.85. The number of nitrogens with zero attached hydrogens (tertiary/aromatic N) is 1. The summed E-state index contributed by atoms with van der Waals surface area (Å²) in [5.41, 5.74) is -0.921. The number of hydrogen-bond acceptors (Lipinski definition) is 2. The Labute approximate surface area is 144 Å². The summed E-state index contributed by atoms with van der Waals surface area (Å²) in [7, 11) is 0. The van der Waals surface area contributed by atoms with Gasteiger partial charge < -0.3 is 10.2 Å². The van der Waals surface area contributed by atoms with Gasteiger partial charge in [0.05, 0.1) is 5.56 Å². The standard InChI is InChI=1S/C18H21F3N2O2/c1-3-16(24)22-12(2)13-7-6-10-23(11-13)17(25)18(20,21)14-8-4-5-9-15(14)19/h3-5,8-9,12-13H,1,6-7,10-11H2,2H3,(H,22,24). The van der Waals surface area contributed by atoms with Crippen molar-refractivity contribution in [3.8, 4) is 0 Å². The molecule has 1 N–H and O–H groups in total. The Morgan fingerprint density at radius 1 is 1.40 bits per heavy atom. The molecule has 0 saturated carbocycles. The van der Waals surface area contributed by atoms with Crippen LogP contribution in [0.5, 0.6) is 0 Å². The van der Waals surface area contributed by atoms with Crippen LogP contribution >= 0.6 is 0 Å². The molecule has 0 aromatic heterocycles. The zero-order valence-corrected chi connectivity index (χ0v) is 14.0. The van der Waals surface area contributed by atoms with Crippen molar-refractivity contribution in [1.82, 2.24) is 10.2 Å². The molecule has 1 saturated heterocycles. The van der Waals surface area contributed by atoms with Crippen molar-refractivity contribution in [3.63, 3.8) is 0 Å². The zero-order chi connectivity index (χ0) is 18.6. The van der Waals surface area contributed by atoms with E-state index in [0.717, 1.165) is 23.1 Å². The average Bonchev–Trinajstić information content (AvgIpc) is 2.61. The molecule has 0 bridgehead atoms. The molecule has 0 aliphatic carbocycles. The number of amides is 2. The van der Waals surface area contributed by atoms with Gasteiger partial charge in [-0.1, -0.05) is 18.7 Å². The van der Waals surface area contributed by atoms with Crippen LogP contribution in [-0.2, 0) is 15.5 Å². The Bertz CT molecular complexity index is 663. The summed E-state index contributed by atoms with van der Waals surface area (Å²) in [6, 6.07) is 4.10. The molecular formula is C18H21F3N2O2. The molecule has 2 unspecified atom stereocenters. The van der Waals surface area contributed by atoms with Crippen LogP contribution in [0.3, 0.4) is 0 Å². The number of nitrogens with one attached hydrogen (secondary N) is 1. The van der Waals surface area contributed by atoms with E-state index in [4.69, 9.17) is 0 Å². The number of halogens is 3. The maximum atomic E-state index is 14.5. The van der Waals surface area contributed by atoms with Crippen molar-refractivity contribution in [2.24, 2.45) is 5.92 Å². The third-order valence-corrected chi connectivity index (χ3v) is 4.49. The minimum atomic E-state index is -3.93. The van der Waals surface area contributed by atoms with Crippen molar-refractivity contribution >= 4 is 11.8 Å². The van der Waals surface area contributed by atoms with Crippen molar-refractivity contribution in [1.29, 1.82) is 0 Å². The van der Waals surface area contributed by atoms with E-state index in [1.54, 1.807) is 6.92 Å². The average molecular weight is 354 g/mol. The molecule has 7 heteroatoms. The van der Waals surface area contributed by atoms with Crippen LogP contribution in [0.25, 0.3) is 0 Å². The third-order valence-electron chi connectivity index (χ3n) is 4.49. The van der Waals surface area contributed by atoms with Crippen molar-refractivity contribution < 1.29 is 22.8 Å². The number of hydrogen-bond donors (Lipinski definition) is 1. The number of carbonyl (C=O) groups excluding carboxylic acids is 2. The summed E-state index contributed by atoms with van der Waals surface area (Å²) < 4.78 is 42.6. The second kappa shape index (κ2) is 7.72. The smallest absolute Gasteiger partial charge is 0.350 e. The maximum absolute atomic E-state index is 14.5. The molecule has 2 amide bonds. The van der Waals surface area contributed by atoms with Gasteiger partial charge in [0.1, 0.15) is 5.82 Å². The molecule has 4 nitrogen and oxygen atoms in total. The Morgan fingerprint density at radius 3 is 2.72 bits per heavy atom. The first-order chi connectivity index (χ1) is 11.8. The topological polar surface area (TPSA) is 49.4 Å². The van der Waals surface area contributed by atoms with Gasteiger partial charge in [0.15, 0.2) is 0 Å². The van der Waals surface area contributed by atoms with Crippen LogP contribution < -0.4 is 5.32 Å². The molecule has 1 aliphatic rings. The van der Waals surface area contributed by atoms with E-state index >= 15 is 0 Å². The van der Waals surface area contributed by atoms with Crippen LogP contribution in [0.2, 0.25) is 0 Å². The summed E-state index contributed by atoms with van der Waals surface area (Å²) >= 11 is 0. The Hall–Kier alpha value is -2.31. The van der Waals surface area contributed by atoms with E-state index in [1.165, 1.54) is 12.1 Å². The van der Waals surface area contributed by atoms with E-state index in [1.807, 2.05) is 0 Å². The number of rotatable bonds is 5. The highest BCUT2D eigenvalue weighted by Gasteiger charge is 2.46. The van der Waals surface area contributed by atoms with Crippen LogP contribution in [0.4, 0.5) is 13.2 Å². The van der Waals surface area contributed by atoms with Crippen LogP contribution in [-0.4, -0.2) is 35.8 Å². The molecule has 1 aromatic rings. The van der Waals surface area contributed by atoms with Crippen molar-refractivity contribution in [2.45, 2.75) is 31.7 Å². The van der Waals surface area contributed by atoms with Gasteiger partial charge in [0.25, 0.3) is 5.91 Å². The Balaban J connectivity index is 2.12. The highest BCUT2D eigenvalue weighted by molar-refractivity contribution is 5.87. The highest BCUT2D eigenvalue weighted by atomic mass is 19.3. The summed E-state index contributed by atoms with van der Waals surface area (Å²) in [4.78, 5) is 24.8. The Kier molecular flexibility index (Phi) is 5.87. The lowest BCUT2D eigenvalue weighted by molar-refractivity contribution is -0.161. The Morgan fingerprint density at radius 2 is 2.08 bits per heavy atom. The first-order valence-electron chi connectivity index (χ1n) is 8.12. The van der Waals surface area contributed by atoms with Crippen LogP contribution in [0.1, 0.15) is 25.3 Å².